The summed E-state index contributed by atoms with van der Waals surface area (Å²) in [6.45, 7) is 5.85. The number of aryl methyl sites for hydroxylation is 1. The molecule has 0 spiro atoms. The van der Waals surface area contributed by atoms with Crippen molar-refractivity contribution in [2.24, 2.45) is 5.92 Å². The Labute approximate surface area is 136 Å². The number of aromatic nitrogens is 2. The summed E-state index contributed by atoms with van der Waals surface area (Å²) in [5, 5.41) is 3.19. The molecule has 1 aromatic heterocycles. The van der Waals surface area contributed by atoms with Gasteiger partial charge in [0, 0.05) is 18.8 Å². The lowest BCUT2D eigenvalue weighted by molar-refractivity contribution is 0.0676. The molecule has 1 atom stereocenters. The third-order valence-corrected chi connectivity index (χ3v) is 4.14. The van der Waals surface area contributed by atoms with Gasteiger partial charge in [0.2, 0.25) is 0 Å². The Hall–Kier alpha value is -2.43. The number of benzene rings is 1. The van der Waals surface area contributed by atoms with Crippen LogP contribution in [0.15, 0.2) is 36.7 Å². The fraction of sp³-hybridized carbons (Fsp3) is 0.389. The van der Waals surface area contributed by atoms with Crippen LogP contribution in [0.5, 0.6) is 0 Å². The minimum Gasteiger partial charge on any atom is -0.339 e. The van der Waals surface area contributed by atoms with Crippen molar-refractivity contribution in [1.82, 2.24) is 14.9 Å². The summed E-state index contributed by atoms with van der Waals surface area (Å²) in [5.74, 6) is 1.17. The first-order chi connectivity index (χ1) is 11.1. The average molecular weight is 310 g/mol. The molecular weight excluding hydrogens is 288 g/mol. The van der Waals surface area contributed by atoms with Crippen LogP contribution < -0.4 is 5.32 Å². The van der Waals surface area contributed by atoms with Gasteiger partial charge in [-0.1, -0.05) is 24.6 Å². The molecule has 120 valence electrons. The van der Waals surface area contributed by atoms with Gasteiger partial charge in [-0.05, 0) is 37.8 Å². The summed E-state index contributed by atoms with van der Waals surface area (Å²) in [5.41, 5.74) is 2.57. The SMILES string of the molecule is Cc1ccc(Nc2cnc(C(=O)N3CCCC(C)C3)cn2)cc1. The van der Waals surface area contributed by atoms with Gasteiger partial charge >= 0.3 is 0 Å². The van der Waals surface area contributed by atoms with Crippen molar-refractivity contribution in [2.45, 2.75) is 26.7 Å². The third kappa shape index (κ3) is 3.86. The van der Waals surface area contributed by atoms with E-state index in [0.717, 1.165) is 25.2 Å². The Kier molecular flexibility index (Phi) is 4.55. The van der Waals surface area contributed by atoms with E-state index in [-0.39, 0.29) is 5.91 Å². The molecular formula is C18H22N4O. The first-order valence-corrected chi connectivity index (χ1v) is 8.07. The summed E-state index contributed by atoms with van der Waals surface area (Å²) < 4.78 is 0. The lowest BCUT2D eigenvalue weighted by atomic mass is 10.0. The predicted octanol–water partition coefficient (Wildman–Crippen LogP) is 3.40. The first kappa shape index (κ1) is 15.5. The molecule has 1 aromatic carbocycles. The van der Waals surface area contributed by atoms with E-state index >= 15 is 0 Å². The molecule has 1 amide bonds. The van der Waals surface area contributed by atoms with Crippen molar-refractivity contribution in [3.05, 3.63) is 47.9 Å². The van der Waals surface area contributed by atoms with Gasteiger partial charge in [-0.3, -0.25) is 4.79 Å². The summed E-state index contributed by atoms with van der Waals surface area (Å²) in [4.78, 5) is 22.9. The quantitative estimate of drug-likeness (QED) is 0.944. The molecule has 0 radical (unpaired) electrons. The third-order valence-electron chi connectivity index (χ3n) is 4.14. The number of likely N-dealkylation sites (tertiary alicyclic amines) is 1. The molecule has 5 heteroatoms. The highest BCUT2D eigenvalue weighted by molar-refractivity contribution is 5.92. The van der Waals surface area contributed by atoms with Gasteiger partial charge in [0.1, 0.15) is 11.5 Å². The Balaban J connectivity index is 1.66. The maximum absolute atomic E-state index is 12.5. The number of carbonyl (C=O) groups is 1. The smallest absolute Gasteiger partial charge is 0.274 e. The van der Waals surface area contributed by atoms with Crippen LogP contribution in [-0.2, 0) is 0 Å². The fourth-order valence-corrected chi connectivity index (χ4v) is 2.82. The van der Waals surface area contributed by atoms with Crippen LogP contribution in [0.1, 0.15) is 35.8 Å². The normalized spacial score (nSPS) is 17.8. The number of anilines is 2. The number of nitrogens with zero attached hydrogens (tertiary/aromatic N) is 3. The Bertz CT molecular complexity index is 666. The molecule has 1 aliphatic rings. The molecule has 0 bridgehead atoms. The Morgan fingerprint density at radius 2 is 2.00 bits per heavy atom. The molecule has 3 rings (SSSR count). The number of rotatable bonds is 3. The second-order valence-electron chi connectivity index (χ2n) is 6.28. The molecule has 2 heterocycles. The van der Waals surface area contributed by atoms with Crippen molar-refractivity contribution >= 4 is 17.4 Å². The maximum atomic E-state index is 12.5. The molecule has 5 nitrogen and oxygen atoms in total. The number of carbonyl (C=O) groups excluding carboxylic acids is 1. The molecule has 1 N–H and O–H groups in total. The van der Waals surface area contributed by atoms with E-state index in [0.29, 0.717) is 17.4 Å². The van der Waals surface area contributed by atoms with E-state index in [1.54, 1.807) is 12.4 Å². The molecule has 1 saturated heterocycles. The molecule has 1 aliphatic heterocycles. The van der Waals surface area contributed by atoms with Crippen LogP contribution in [0, 0.1) is 12.8 Å². The minimum absolute atomic E-state index is 0.0223. The predicted molar refractivity (Wildman–Crippen MR) is 90.8 cm³/mol. The second-order valence-corrected chi connectivity index (χ2v) is 6.28. The number of hydrogen-bond acceptors (Lipinski definition) is 4. The molecule has 1 unspecified atom stereocenters. The molecule has 0 aliphatic carbocycles. The summed E-state index contributed by atoms with van der Waals surface area (Å²) >= 11 is 0. The Morgan fingerprint density at radius 1 is 1.22 bits per heavy atom. The van der Waals surface area contributed by atoms with Crippen molar-refractivity contribution in [3.8, 4) is 0 Å². The highest BCUT2D eigenvalue weighted by atomic mass is 16.2. The molecule has 1 fully saturated rings. The van der Waals surface area contributed by atoms with Crippen LogP contribution in [0.3, 0.4) is 0 Å². The minimum atomic E-state index is -0.0223. The highest BCUT2D eigenvalue weighted by Gasteiger charge is 2.23. The second kappa shape index (κ2) is 6.77. The largest absolute Gasteiger partial charge is 0.339 e. The van der Waals surface area contributed by atoms with E-state index in [1.165, 1.54) is 12.0 Å². The summed E-state index contributed by atoms with van der Waals surface area (Å²) in [6.07, 6.45) is 5.42. The molecule has 0 saturated carbocycles. The van der Waals surface area contributed by atoms with Gasteiger partial charge in [0.25, 0.3) is 5.91 Å². The monoisotopic (exact) mass is 310 g/mol. The van der Waals surface area contributed by atoms with E-state index in [9.17, 15) is 4.79 Å². The van der Waals surface area contributed by atoms with Crippen LogP contribution >= 0.6 is 0 Å². The van der Waals surface area contributed by atoms with E-state index in [1.807, 2.05) is 36.1 Å². The zero-order chi connectivity index (χ0) is 16.2. The Morgan fingerprint density at radius 3 is 2.65 bits per heavy atom. The summed E-state index contributed by atoms with van der Waals surface area (Å²) in [6, 6.07) is 8.05. The highest BCUT2D eigenvalue weighted by Crippen LogP contribution is 2.18. The van der Waals surface area contributed by atoms with Crippen molar-refractivity contribution < 1.29 is 4.79 Å². The number of nitrogens with one attached hydrogen (secondary N) is 1. The lowest BCUT2D eigenvalue weighted by Gasteiger charge is -2.30. The number of amides is 1. The van der Waals surface area contributed by atoms with Gasteiger partial charge in [-0.25, -0.2) is 9.97 Å². The average Bonchev–Trinajstić information content (AvgIpc) is 2.57. The van der Waals surface area contributed by atoms with Gasteiger partial charge in [0.05, 0.1) is 12.4 Å². The zero-order valence-corrected chi connectivity index (χ0v) is 13.6. The van der Waals surface area contributed by atoms with Gasteiger partial charge in [-0.2, -0.15) is 0 Å². The number of hydrogen-bond donors (Lipinski definition) is 1. The first-order valence-electron chi connectivity index (χ1n) is 8.07. The fourth-order valence-electron chi connectivity index (χ4n) is 2.82. The maximum Gasteiger partial charge on any atom is 0.274 e. The lowest BCUT2D eigenvalue weighted by Crippen LogP contribution is -2.39. The van der Waals surface area contributed by atoms with Crippen molar-refractivity contribution in [3.63, 3.8) is 0 Å². The van der Waals surface area contributed by atoms with Crippen LogP contribution in [0.2, 0.25) is 0 Å². The van der Waals surface area contributed by atoms with Gasteiger partial charge in [0.15, 0.2) is 0 Å². The topological polar surface area (TPSA) is 58.1 Å². The van der Waals surface area contributed by atoms with E-state index in [2.05, 4.69) is 22.2 Å². The van der Waals surface area contributed by atoms with Gasteiger partial charge in [-0.15, -0.1) is 0 Å². The van der Waals surface area contributed by atoms with Crippen LogP contribution in [-0.4, -0.2) is 33.9 Å². The van der Waals surface area contributed by atoms with E-state index < -0.39 is 0 Å². The van der Waals surface area contributed by atoms with Crippen molar-refractivity contribution in [1.29, 1.82) is 0 Å². The van der Waals surface area contributed by atoms with Crippen LogP contribution in [0.25, 0.3) is 0 Å². The van der Waals surface area contributed by atoms with Crippen LogP contribution in [0.4, 0.5) is 11.5 Å². The standard InChI is InChI=1S/C18H22N4O/c1-13-5-7-15(8-6-13)21-17-11-19-16(10-20-17)18(23)22-9-3-4-14(2)12-22/h5-8,10-11,14H,3-4,9,12H2,1-2H3,(H,20,21). The van der Waals surface area contributed by atoms with E-state index in [4.69, 9.17) is 0 Å². The molecule has 2 aromatic rings. The molecule has 23 heavy (non-hydrogen) atoms. The zero-order valence-electron chi connectivity index (χ0n) is 13.6. The summed E-state index contributed by atoms with van der Waals surface area (Å²) in [7, 11) is 0. The van der Waals surface area contributed by atoms with Crippen molar-refractivity contribution in [2.75, 3.05) is 18.4 Å². The van der Waals surface area contributed by atoms with Gasteiger partial charge < -0.3 is 10.2 Å². The number of piperidine rings is 1.